The van der Waals surface area contributed by atoms with Crippen molar-refractivity contribution in [1.82, 2.24) is 14.5 Å². The number of halogens is 2. The van der Waals surface area contributed by atoms with Gasteiger partial charge in [-0.2, -0.15) is 5.10 Å². The van der Waals surface area contributed by atoms with Crippen molar-refractivity contribution in [2.45, 2.75) is 36.2 Å². The first kappa shape index (κ1) is 14.9. The van der Waals surface area contributed by atoms with Crippen LogP contribution in [0.1, 0.15) is 20.3 Å². The van der Waals surface area contributed by atoms with Crippen LogP contribution >= 0.6 is 27.5 Å². The maximum atomic E-state index is 12.1. The molecule has 0 aromatic carbocycles. The molecule has 0 bridgehead atoms. The predicted molar refractivity (Wildman–Crippen MR) is 71.0 cm³/mol. The lowest BCUT2D eigenvalue weighted by atomic mass is 10.2. The molecule has 0 aliphatic carbocycles. The van der Waals surface area contributed by atoms with Crippen LogP contribution in [0.5, 0.6) is 0 Å². The van der Waals surface area contributed by atoms with Crippen LogP contribution in [0.25, 0.3) is 0 Å². The molecule has 1 aromatic rings. The number of sulfonamides is 1. The predicted octanol–water partition coefficient (Wildman–Crippen LogP) is 1.91. The number of hydrogen-bond donors (Lipinski definition) is 1. The van der Waals surface area contributed by atoms with Crippen LogP contribution in [0.2, 0.25) is 5.02 Å². The van der Waals surface area contributed by atoms with Crippen molar-refractivity contribution in [3.8, 4) is 0 Å². The Morgan fingerprint density at radius 2 is 2.18 bits per heavy atom. The number of nitrogens with one attached hydrogen (secondary N) is 1. The van der Waals surface area contributed by atoms with E-state index in [1.54, 1.807) is 6.92 Å². The molecule has 0 radical (unpaired) electrons. The van der Waals surface area contributed by atoms with Crippen molar-refractivity contribution in [3.63, 3.8) is 0 Å². The molecule has 1 heterocycles. The summed E-state index contributed by atoms with van der Waals surface area (Å²) in [5, 5.41) is 3.92. The van der Waals surface area contributed by atoms with Crippen molar-refractivity contribution in [3.05, 3.63) is 11.2 Å². The summed E-state index contributed by atoms with van der Waals surface area (Å²) in [5.74, 6) is 0. The minimum Gasteiger partial charge on any atom is -0.255 e. The molecule has 0 saturated heterocycles. The normalized spacial score (nSPS) is 15.8. The zero-order chi connectivity index (χ0) is 13.2. The highest BCUT2D eigenvalue weighted by atomic mass is 79.9. The van der Waals surface area contributed by atoms with Gasteiger partial charge in [0.2, 0.25) is 0 Å². The van der Waals surface area contributed by atoms with Gasteiger partial charge in [0.1, 0.15) is 0 Å². The van der Waals surface area contributed by atoms with Crippen LogP contribution in [-0.2, 0) is 17.1 Å². The van der Waals surface area contributed by atoms with Gasteiger partial charge in [-0.3, -0.25) is 4.68 Å². The third-order valence-electron chi connectivity index (χ3n) is 2.13. The van der Waals surface area contributed by atoms with E-state index in [1.807, 2.05) is 6.92 Å². The summed E-state index contributed by atoms with van der Waals surface area (Å²) in [6.45, 7) is 3.77. The molecule has 2 atom stereocenters. The van der Waals surface area contributed by atoms with Crippen LogP contribution in [-0.4, -0.2) is 29.1 Å². The molecule has 0 amide bonds. The molecule has 0 aliphatic rings. The highest BCUT2D eigenvalue weighted by Crippen LogP contribution is 2.20. The number of rotatable bonds is 5. The van der Waals surface area contributed by atoms with E-state index in [2.05, 4.69) is 25.8 Å². The van der Waals surface area contributed by atoms with E-state index in [0.29, 0.717) is 6.42 Å². The lowest BCUT2D eigenvalue weighted by Gasteiger charge is -2.15. The first-order valence-electron chi connectivity index (χ1n) is 5.08. The van der Waals surface area contributed by atoms with Gasteiger partial charge in [0.05, 0.1) is 11.2 Å². The van der Waals surface area contributed by atoms with Crippen LogP contribution in [0, 0.1) is 0 Å². The molecule has 98 valence electrons. The topological polar surface area (TPSA) is 64.0 Å². The summed E-state index contributed by atoms with van der Waals surface area (Å²) >= 11 is 9.19. The molecular formula is C9H15BrClN3O2S. The lowest BCUT2D eigenvalue weighted by molar-refractivity contribution is 0.535. The van der Waals surface area contributed by atoms with Crippen LogP contribution in [0.15, 0.2) is 11.2 Å². The van der Waals surface area contributed by atoms with Gasteiger partial charge in [-0.05, 0) is 13.3 Å². The highest BCUT2D eigenvalue weighted by Gasteiger charge is 2.24. The number of aromatic nitrogens is 2. The van der Waals surface area contributed by atoms with Crippen molar-refractivity contribution in [2.75, 3.05) is 0 Å². The minimum absolute atomic E-state index is 0.00626. The average Bonchev–Trinajstić information content (AvgIpc) is 2.43. The Morgan fingerprint density at radius 1 is 1.59 bits per heavy atom. The smallest absolute Gasteiger partial charge is 0.255 e. The SMILES string of the molecule is CC(Br)CC(C)NS(=O)(=O)c1c(Cl)cnn1C. The first-order chi connectivity index (χ1) is 7.74. The van der Waals surface area contributed by atoms with Gasteiger partial charge in [0, 0.05) is 17.9 Å². The van der Waals surface area contributed by atoms with Gasteiger partial charge < -0.3 is 0 Å². The fraction of sp³-hybridized carbons (Fsp3) is 0.667. The number of hydrogen-bond acceptors (Lipinski definition) is 3. The maximum Gasteiger partial charge on any atom is 0.259 e. The lowest BCUT2D eigenvalue weighted by Crippen LogP contribution is -2.35. The summed E-state index contributed by atoms with van der Waals surface area (Å²) in [4.78, 5) is 0.238. The Balaban J connectivity index is 2.90. The van der Waals surface area contributed by atoms with E-state index >= 15 is 0 Å². The van der Waals surface area contributed by atoms with Crippen LogP contribution < -0.4 is 4.72 Å². The van der Waals surface area contributed by atoms with Crippen molar-refractivity contribution >= 4 is 37.6 Å². The molecule has 1 aromatic heterocycles. The maximum absolute atomic E-state index is 12.1. The average molecular weight is 345 g/mol. The second kappa shape index (κ2) is 5.69. The summed E-state index contributed by atoms with van der Waals surface area (Å²) in [7, 11) is -2.09. The highest BCUT2D eigenvalue weighted by molar-refractivity contribution is 9.09. The molecule has 2 unspecified atom stereocenters. The monoisotopic (exact) mass is 343 g/mol. The van der Waals surface area contributed by atoms with E-state index in [1.165, 1.54) is 17.9 Å². The van der Waals surface area contributed by atoms with Crippen molar-refractivity contribution in [2.24, 2.45) is 7.05 Å². The molecule has 1 N–H and O–H groups in total. The Bertz CT molecular complexity index is 467. The zero-order valence-electron chi connectivity index (χ0n) is 9.81. The molecule has 0 fully saturated rings. The molecule has 17 heavy (non-hydrogen) atoms. The number of nitrogens with zero attached hydrogens (tertiary/aromatic N) is 2. The molecule has 8 heteroatoms. The fourth-order valence-electron chi connectivity index (χ4n) is 1.56. The molecule has 5 nitrogen and oxygen atoms in total. The van der Waals surface area contributed by atoms with E-state index in [-0.39, 0.29) is 20.9 Å². The van der Waals surface area contributed by atoms with Gasteiger partial charge in [0.25, 0.3) is 10.0 Å². The van der Waals surface area contributed by atoms with Gasteiger partial charge in [-0.15, -0.1) is 0 Å². The minimum atomic E-state index is -3.63. The molecular weight excluding hydrogens is 330 g/mol. The second-order valence-electron chi connectivity index (χ2n) is 3.96. The van der Waals surface area contributed by atoms with E-state index in [4.69, 9.17) is 11.6 Å². The van der Waals surface area contributed by atoms with Gasteiger partial charge in [-0.25, -0.2) is 13.1 Å². The number of aryl methyl sites for hydroxylation is 1. The first-order valence-corrected chi connectivity index (χ1v) is 7.85. The van der Waals surface area contributed by atoms with Gasteiger partial charge in [-0.1, -0.05) is 34.5 Å². The van der Waals surface area contributed by atoms with Crippen molar-refractivity contribution < 1.29 is 8.42 Å². The molecule has 0 spiro atoms. The molecule has 1 rings (SSSR count). The third-order valence-corrected chi connectivity index (χ3v) is 4.60. The summed E-state index contributed by atoms with van der Waals surface area (Å²) in [6.07, 6.45) is 2.00. The summed E-state index contributed by atoms with van der Waals surface area (Å²) < 4.78 is 27.9. The quantitative estimate of drug-likeness (QED) is 0.830. The van der Waals surface area contributed by atoms with Gasteiger partial charge >= 0.3 is 0 Å². The Hall–Kier alpha value is -0.110. The van der Waals surface area contributed by atoms with E-state index in [0.717, 1.165) is 0 Å². The molecule has 0 saturated carbocycles. The van der Waals surface area contributed by atoms with Crippen molar-refractivity contribution in [1.29, 1.82) is 0 Å². The Labute approximate surface area is 115 Å². The Morgan fingerprint density at radius 3 is 2.59 bits per heavy atom. The van der Waals surface area contributed by atoms with Gasteiger partial charge in [0.15, 0.2) is 5.03 Å². The summed E-state index contributed by atoms with van der Waals surface area (Å²) in [5.41, 5.74) is 0. The van der Waals surface area contributed by atoms with E-state index in [9.17, 15) is 8.42 Å². The zero-order valence-corrected chi connectivity index (χ0v) is 13.0. The number of alkyl halides is 1. The fourth-order valence-corrected chi connectivity index (χ4v) is 4.03. The molecule has 0 aliphatic heterocycles. The van der Waals surface area contributed by atoms with Crippen LogP contribution in [0.4, 0.5) is 0 Å². The third kappa shape index (κ3) is 3.94. The van der Waals surface area contributed by atoms with E-state index < -0.39 is 10.0 Å². The largest absolute Gasteiger partial charge is 0.259 e. The Kier molecular flexibility index (Phi) is 5.00. The second-order valence-corrected chi connectivity index (χ2v) is 7.56. The summed E-state index contributed by atoms with van der Waals surface area (Å²) in [6, 6.07) is -0.180. The standard InChI is InChI=1S/C9H15BrClN3O2S/c1-6(10)4-7(2)13-17(15,16)9-8(11)5-12-14(9)3/h5-7,13H,4H2,1-3H3. The van der Waals surface area contributed by atoms with Crippen LogP contribution in [0.3, 0.4) is 0 Å².